The Morgan fingerprint density at radius 3 is 2.73 bits per heavy atom. The quantitative estimate of drug-likeness (QED) is 0.695. The van der Waals surface area contributed by atoms with E-state index in [1.54, 1.807) is 0 Å². The Morgan fingerprint density at radius 2 is 2.27 bits per heavy atom. The highest BCUT2D eigenvalue weighted by molar-refractivity contribution is 4.98. The van der Waals surface area contributed by atoms with Crippen molar-refractivity contribution in [1.29, 1.82) is 0 Å². The van der Waals surface area contributed by atoms with Gasteiger partial charge in [0, 0.05) is 31.2 Å². The molecule has 3 unspecified atom stereocenters. The molecule has 15 heavy (non-hydrogen) atoms. The Hall–Kier alpha value is -0.340. The van der Waals surface area contributed by atoms with Crippen LogP contribution in [0.1, 0.15) is 33.1 Å². The fraction of sp³-hybridized carbons (Fsp3) is 0.846. The molecule has 1 N–H and O–H groups in total. The van der Waals surface area contributed by atoms with Crippen LogP contribution >= 0.6 is 0 Å². The van der Waals surface area contributed by atoms with Crippen molar-refractivity contribution in [3.8, 4) is 0 Å². The zero-order chi connectivity index (χ0) is 10.8. The van der Waals surface area contributed by atoms with E-state index in [4.69, 9.17) is 0 Å². The van der Waals surface area contributed by atoms with Crippen LogP contribution in [0.5, 0.6) is 0 Å². The van der Waals surface area contributed by atoms with E-state index in [1.807, 2.05) is 6.08 Å². The summed E-state index contributed by atoms with van der Waals surface area (Å²) in [6, 6.07) is 2.28. The smallest absolute Gasteiger partial charge is 0.0163 e. The molecule has 0 aromatic carbocycles. The van der Waals surface area contributed by atoms with Crippen LogP contribution in [0.4, 0.5) is 0 Å². The predicted octanol–water partition coefficient (Wildman–Crippen LogP) is 2.02. The Labute approximate surface area is 93.7 Å². The van der Waals surface area contributed by atoms with E-state index < -0.39 is 0 Å². The lowest BCUT2D eigenvalue weighted by molar-refractivity contribution is 0.191. The maximum atomic E-state index is 3.85. The Kier molecular flexibility index (Phi) is 3.47. The standard InChI is InChI=1S/C13H24N2/c1-4-7-15(10(2)3)9-11-8-12-5-6-13(11)14-12/h4,10-14H,1,5-9H2,2-3H3. The second kappa shape index (κ2) is 4.67. The van der Waals surface area contributed by atoms with Crippen LogP contribution in [0.15, 0.2) is 12.7 Å². The maximum absolute atomic E-state index is 3.85. The van der Waals surface area contributed by atoms with E-state index in [9.17, 15) is 0 Å². The van der Waals surface area contributed by atoms with Crippen LogP contribution in [0.2, 0.25) is 0 Å². The third-order valence-corrected chi connectivity index (χ3v) is 4.00. The van der Waals surface area contributed by atoms with Crippen LogP contribution in [0, 0.1) is 5.92 Å². The van der Waals surface area contributed by atoms with Crippen molar-refractivity contribution in [2.75, 3.05) is 13.1 Å². The van der Waals surface area contributed by atoms with E-state index in [0.717, 1.165) is 24.5 Å². The van der Waals surface area contributed by atoms with Gasteiger partial charge in [-0.15, -0.1) is 6.58 Å². The van der Waals surface area contributed by atoms with E-state index in [-0.39, 0.29) is 0 Å². The first kappa shape index (κ1) is 11.2. The molecule has 0 aromatic rings. The summed E-state index contributed by atoms with van der Waals surface area (Å²) in [4.78, 5) is 2.54. The summed E-state index contributed by atoms with van der Waals surface area (Å²) >= 11 is 0. The summed E-state index contributed by atoms with van der Waals surface area (Å²) in [5.41, 5.74) is 0. The number of nitrogens with one attached hydrogen (secondary N) is 1. The number of nitrogens with zero attached hydrogens (tertiary/aromatic N) is 1. The molecule has 3 atom stereocenters. The molecule has 0 aromatic heterocycles. The van der Waals surface area contributed by atoms with Crippen LogP contribution < -0.4 is 5.32 Å². The largest absolute Gasteiger partial charge is 0.311 e. The van der Waals surface area contributed by atoms with Crippen molar-refractivity contribution in [3.05, 3.63) is 12.7 Å². The molecule has 2 fully saturated rings. The normalized spacial score (nSPS) is 34.3. The number of fused-ring (bicyclic) bond motifs is 2. The first-order valence-corrected chi connectivity index (χ1v) is 6.31. The average Bonchev–Trinajstić information content (AvgIpc) is 2.78. The molecule has 0 aliphatic carbocycles. The molecule has 2 saturated heterocycles. The van der Waals surface area contributed by atoms with Gasteiger partial charge < -0.3 is 5.32 Å². The van der Waals surface area contributed by atoms with Gasteiger partial charge in [0.05, 0.1) is 0 Å². The molecule has 0 radical (unpaired) electrons. The fourth-order valence-electron chi connectivity index (χ4n) is 3.10. The summed E-state index contributed by atoms with van der Waals surface area (Å²) in [5, 5.41) is 3.71. The van der Waals surface area contributed by atoms with Crippen LogP contribution in [0.25, 0.3) is 0 Å². The average molecular weight is 208 g/mol. The second-order valence-electron chi connectivity index (χ2n) is 5.38. The molecule has 2 rings (SSSR count). The minimum absolute atomic E-state index is 0.641. The molecule has 2 aliphatic rings. The van der Waals surface area contributed by atoms with E-state index in [0.29, 0.717) is 6.04 Å². The van der Waals surface area contributed by atoms with Gasteiger partial charge in [-0.05, 0) is 39.0 Å². The molecule has 86 valence electrons. The van der Waals surface area contributed by atoms with Gasteiger partial charge in [-0.25, -0.2) is 0 Å². The summed E-state index contributed by atoms with van der Waals surface area (Å²) in [6.07, 6.45) is 6.23. The molecule has 2 heteroatoms. The van der Waals surface area contributed by atoms with Crippen molar-refractivity contribution in [2.45, 2.75) is 51.2 Å². The molecular formula is C13H24N2. The lowest BCUT2D eigenvalue weighted by Crippen LogP contribution is -2.39. The van der Waals surface area contributed by atoms with E-state index in [2.05, 4.69) is 30.6 Å². The zero-order valence-corrected chi connectivity index (χ0v) is 10.1. The van der Waals surface area contributed by atoms with Gasteiger partial charge in [-0.1, -0.05) is 6.08 Å². The molecular weight excluding hydrogens is 184 g/mol. The number of hydrogen-bond acceptors (Lipinski definition) is 2. The highest BCUT2D eigenvalue weighted by Gasteiger charge is 2.39. The lowest BCUT2D eigenvalue weighted by Gasteiger charge is -2.31. The van der Waals surface area contributed by atoms with Crippen LogP contribution in [-0.2, 0) is 0 Å². The summed E-state index contributed by atoms with van der Waals surface area (Å²) < 4.78 is 0. The Bertz CT molecular complexity index is 225. The van der Waals surface area contributed by atoms with Crippen molar-refractivity contribution in [3.63, 3.8) is 0 Å². The third kappa shape index (κ3) is 2.43. The van der Waals surface area contributed by atoms with Crippen LogP contribution in [0.3, 0.4) is 0 Å². The number of rotatable bonds is 5. The van der Waals surface area contributed by atoms with Gasteiger partial charge in [-0.2, -0.15) is 0 Å². The highest BCUT2D eigenvalue weighted by atomic mass is 15.2. The molecule has 2 heterocycles. The van der Waals surface area contributed by atoms with Gasteiger partial charge >= 0.3 is 0 Å². The van der Waals surface area contributed by atoms with Gasteiger partial charge in [0.15, 0.2) is 0 Å². The van der Waals surface area contributed by atoms with Gasteiger partial charge in [0.2, 0.25) is 0 Å². The summed E-state index contributed by atoms with van der Waals surface area (Å²) in [7, 11) is 0. The highest BCUT2D eigenvalue weighted by Crippen LogP contribution is 2.33. The summed E-state index contributed by atoms with van der Waals surface area (Å²) in [6.45, 7) is 10.7. The first-order valence-electron chi connectivity index (χ1n) is 6.31. The van der Waals surface area contributed by atoms with Crippen molar-refractivity contribution < 1.29 is 0 Å². The van der Waals surface area contributed by atoms with E-state index >= 15 is 0 Å². The molecule has 2 nitrogen and oxygen atoms in total. The Balaban J connectivity index is 1.86. The fourth-order valence-corrected chi connectivity index (χ4v) is 3.10. The van der Waals surface area contributed by atoms with E-state index in [1.165, 1.54) is 25.8 Å². The second-order valence-corrected chi connectivity index (χ2v) is 5.38. The molecule has 2 aliphatic heterocycles. The third-order valence-electron chi connectivity index (χ3n) is 4.00. The monoisotopic (exact) mass is 208 g/mol. The van der Waals surface area contributed by atoms with Crippen molar-refractivity contribution >= 4 is 0 Å². The molecule has 2 bridgehead atoms. The van der Waals surface area contributed by atoms with Crippen molar-refractivity contribution in [1.82, 2.24) is 10.2 Å². The molecule has 0 amide bonds. The number of hydrogen-bond donors (Lipinski definition) is 1. The van der Waals surface area contributed by atoms with Gasteiger partial charge in [0.1, 0.15) is 0 Å². The first-order chi connectivity index (χ1) is 7.20. The topological polar surface area (TPSA) is 15.3 Å². The molecule has 0 spiro atoms. The Morgan fingerprint density at radius 1 is 1.47 bits per heavy atom. The lowest BCUT2D eigenvalue weighted by atomic mass is 9.88. The minimum Gasteiger partial charge on any atom is -0.311 e. The predicted molar refractivity (Wildman–Crippen MR) is 65.0 cm³/mol. The SMILES string of the molecule is C=CCN(CC1CC2CCC1N2)C(C)C. The van der Waals surface area contributed by atoms with Gasteiger partial charge in [-0.3, -0.25) is 4.90 Å². The van der Waals surface area contributed by atoms with Crippen molar-refractivity contribution in [2.24, 2.45) is 5.92 Å². The van der Waals surface area contributed by atoms with Crippen LogP contribution in [-0.4, -0.2) is 36.1 Å². The molecule has 0 saturated carbocycles. The minimum atomic E-state index is 0.641. The maximum Gasteiger partial charge on any atom is 0.0163 e. The summed E-state index contributed by atoms with van der Waals surface area (Å²) in [5.74, 6) is 0.881. The van der Waals surface area contributed by atoms with Gasteiger partial charge in [0.25, 0.3) is 0 Å². The zero-order valence-electron chi connectivity index (χ0n) is 10.1.